The molecule has 0 aliphatic heterocycles. The Morgan fingerprint density at radius 2 is 1.73 bits per heavy atom. The van der Waals surface area contributed by atoms with E-state index in [1.165, 1.54) is 12.1 Å². The van der Waals surface area contributed by atoms with Crippen molar-refractivity contribution in [1.29, 1.82) is 0 Å². The molecule has 0 radical (unpaired) electrons. The lowest BCUT2D eigenvalue weighted by molar-refractivity contribution is -0.384. The minimum Gasteiger partial charge on any atom is -0.316 e. The van der Waals surface area contributed by atoms with Gasteiger partial charge in [-0.2, -0.15) is 0 Å². The third-order valence-electron chi connectivity index (χ3n) is 3.40. The van der Waals surface area contributed by atoms with Gasteiger partial charge in [-0.15, -0.1) is 17.0 Å². The molecule has 0 amide bonds. The molecule has 0 saturated carbocycles. The lowest BCUT2D eigenvalue weighted by Gasteiger charge is -2.18. The van der Waals surface area contributed by atoms with Gasteiger partial charge in [-0.3, -0.25) is 24.6 Å². The zero-order valence-corrected chi connectivity index (χ0v) is 13.9. The molecule has 2 aromatic rings. The SMILES string of the molecule is Br.CCN(CC)Cc1cc([N+](=O)[O-])cc2[nH]c(=O)c(=O)[nH]c12. The summed E-state index contributed by atoms with van der Waals surface area (Å²) in [6, 6.07) is 2.67. The number of aromatic amines is 2. The van der Waals surface area contributed by atoms with Crippen LogP contribution in [-0.4, -0.2) is 32.9 Å². The summed E-state index contributed by atoms with van der Waals surface area (Å²) in [5.74, 6) is 0. The highest BCUT2D eigenvalue weighted by Crippen LogP contribution is 2.22. The Kier molecular flexibility index (Phi) is 6.01. The summed E-state index contributed by atoms with van der Waals surface area (Å²) >= 11 is 0. The Bertz CT molecular complexity index is 795. The van der Waals surface area contributed by atoms with Crippen LogP contribution in [-0.2, 0) is 6.54 Å². The summed E-state index contributed by atoms with van der Waals surface area (Å²) in [5, 5.41) is 11.0. The first kappa shape index (κ1) is 18.1. The average molecular weight is 373 g/mol. The Morgan fingerprint density at radius 3 is 2.27 bits per heavy atom. The van der Waals surface area contributed by atoms with Crippen LogP contribution in [0.3, 0.4) is 0 Å². The zero-order chi connectivity index (χ0) is 15.6. The van der Waals surface area contributed by atoms with E-state index in [2.05, 4.69) is 14.9 Å². The molecule has 8 nitrogen and oxygen atoms in total. The fourth-order valence-corrected chi connectivity index (χ4v) is 2.20. The molecule has 0 aliphatic rings. The predicted octanol–water partition coefficient (Wildman–Crippen LogP) is 1.54. The number of hydrogen-bond donors (Lipinski definition) is 2. The average Bonchev–Trinajstić information content (AvgIpc) is 2.45. The van der Waals surface area contributed by atoms with E-state index in [-0.39, 0.29) is 28.2 Å². The van der Waals surface area contributed by atoms with Crippen molar-refractivity contribution in [3.8, 4) is 0 Å². The van der Waals surface area contributed by atoms with Crippen LogP contribution in [0, 0.1) is 10.1 Å². The van der Waals surface area contributed by atoms with E-state index in [0.717, 1.165) is 13.1 Å². The maximum atomic E-state index is 11.5. The maximum Gasteiger partial charge on any atom is 0.314 e. The highest BCUT2D eigenvalue weighted by atomic mass is 79.9. The first-order valence-electron chi connectivity index (χ1n) is 6.62. The van der Waals surface area contributed by atoms with Gasteiger partial charge in [0.15, 0.2) is 0 Å². The third-order valence-corrected chi connectivity index (χ3v) is 3.40. The van der Waals surface area contributed by atoms with E-state index >= 15 is 0 Å². The number of nitro groups is 1. The second-order valence-corrected chi connectivity index (χ2v) is 4.65. The quantitative estimate of drug-likeness (QED) is 0.469. The van der Waals surface area contributed by atoms with Crippen LogP contribution in [0.1, 0.15) is 19.4 Å². The van der Waals surface area contributed by atoms with E-state index in [1.54, 1.807) is 0 Å². The van der Waals surface area contributed by atoms with Crippen molar-refractivity contribution in [2.24, 2.45) is 0 Å². The zero-order valence-electron chi connectivity index (χ0n) is 12.2. The lowest BCUT2D eigenvalue weighted by atomic mass is 10.1. The van der Waals surface area contributed by atoms with Gasteiger partial charge in [0.05, 0.1) is 16.0 Å². The number of nitrogens with zero attached hydrogens (tertiary/aromatic N) is 2. The number of nitro benzene ring substituents is 1. The second-order valence-electron chi connectivity index (χ2n) is 4.65. The van der Waals surface area contributed by atoms with Gasteiger partial charge in [0.2, 0.25) is 0 Å². The molecule has 0 saturated heterocycles. The molecular formula is C13H17BrN4O4. The maximum absolute atomic E-state index is 11.5. The summed E-state index contributed by atoms with van der Waals surface area (Å²) in [7, 11) is 0. The van der Waals surface area contributed by atoms with Gasteiger partial charge in [0.25, 0.3) is 5.69 Å². The number of rotatable bonds is 5. The number of benzene rings is 1. The molecule has 1 aromatic carbocycles. The van der Waals surface area contributed by atoms with Crippen molar-refractivity contribution in [2.75, 3.05) is 13.1 Å². The Labute approximate surface area is 136 Å². The van der Waals surface area contributed by atoms with Gasteiger partial charge in [-0.1, -0.05) is 13.8 Å². The third kappa shape index (κ3) is 3.60. The molecule has 0 spiro atoms. The van der Waals surface area contributed by atoms with Crippen LogP contribution in [0.5, 0.6) is 0 Å². The first-order valence-corrected chi connectivity index (χ1v) is 6.62. The molecule has 0 unspecified atom stereocenters. The summed E-state index contributed by atoms with van der Waals surface area (Å²) in [5.41, 5.74) is -0.411. The van der Waals surface area contributed by atoms with Crippen LogP contribution < -0.4 is 11.1 Å². The Morgan fingerprint density at radius 1 is 1.14 bits per heavy atom. The topological polar surface area (TPSA) is 112 Å². The molecule has 9 heteroatoms. The molecule has 22 heavy (non-hydrogen) atoms. The van der Waals surface area contributed by atoms with E-state index in [4.69, 9.17) is 0 Å². The molecular weight excluding hydrogens is 356 g/mol. The monoisotopic (exact) mass is 372 g/mol. The van der Waals surface area contributed by atoms with Crippen molar-refractivity contribution in [2.45, 2.75) is 20.4 Å². The molecule has 0 fully saturated rings. The number of halogens is 1. The molecule has 0 atom stereocenters. The van der Waals surface area contributed by atoms with E-state index in [9.17, 15) is 19.7 Å². The largest absolute Gasteiger partial charge is 0.316 e. The van der Waals surface area contributed by atoms with Crippen LogP contribution in [0.15, 0.2) is 21.7 Å². The van der Waals surface area contributed by atoms with Gasteiger partial charge in [-0.25, -0.2) is 0 Å². The van der Waals surface area contributed by atoms with Crippen LogP contribution in [0.2, 0.25) is 0 Å². The minimum atomic E-state index is -0.822. The minimum absolute atomic E-state index is 0. The summed E-state index contributed by atoms with van der Waals surface area (Å²) < 4.78 is 0. The number of non-ortho nitro benzene ring substituents is 1. The van der Waals surface area contributed by atoms with Gasteiger partial charge < -0.3 is 9.97 Å². The van der Waals surface area contributed by atoms with Crippen molar-refractivity contribution in [3.05, 3.63) is 48.5 Å². The van der Waals surface area contributed by atoms with Gasteiger partial charge >= 0.3 is 11.1 Å². The molecule has 2 N–H and O–H groups in total. The second kappa shape index (κ2) is 7.32. The molecule has 0 aliphatic carbocycles. The molecule has 0 bridgehead atoms. The van der Waals surface area contributed by atoms with Crippen LogP contribution in [0.4, 0.5) is 5.69 Å². The highest BCUT2D eigenvalue weighted by molar-refractivity contribution is 8.93. The Hall–Kier alpha value is -2.00. The van der Waals surface area contributed by atoms with Crippen LogP contribution >= 0.6 is 17.0 Å². The molecule has 120 valence electrons. The van der Waals surface area contributed by atoms with Crippen molar-refractivity contribution >= 4 is 33.7 Å². The first-order chi connectivity index (χ1) is 9.96. The summed E-state index contributed by atoms with van der Waals surface area (Å²) in [6.45, 7) is 5.96. The Balaban J connectivity index is 0.00000242. The standard InChI is InChI=1S/C13H16N4O4.BrH/c1-3-16(4-2)7-8-5-9(17(20)21)6-10-11(8)15-13(19)12(18)14-10;/h5-6H,3-4,7H2,1-2H3,(H,14,18)(H,15,19);1H. The predicted molar refractivity (Wildman–Crippen MR) is 88.8 cm³/mol. The van der Waals surface area contributed by atoms with Crippen molar-refractivity contribution < 1.29 is 4.92 Å². The van der Waals surface area contributed by atoms with Crippen molar-refractivity contribution in [3.63, 3.8) is 0 Å². The van der Waals surface area contributed by atoms with Gasteiger partial charge in [0, 0.05) is 18.7 Å². The van der Waals surface area contributed by atoms with Crippen LogP contribution in [0.25, 0.3) is 11.0 Å². The van der Waals surface area contributed by atoms with E-state index in [1.807, 2.05) is 13.8 Å². The number of aromatic nitrogens is 2. The fourth-order valence-electron chi connectivity index (χ4n) is 2.20. The summed E-state index contributed by atoms with van der Waals surface area (Å²) in [4.78, 5) is 40.3. The molecule has 1 heterocycles. The molecule has 2 rings (SSSR count). The number of hydrogen-bond acceptors (Lipinski definition) is 5. The lowest BCUT2D eigenvalue weighted by Crippen LogP contribution is -2.30. The normalized spacial score (nSPS) is 10.7. The smallest absolute Gasteiger partial charge is 0.314 e. The van der Waals surface area contributed by atoms with E-state index in [0.29, 0.717) is 17.6 Å². The highest BCUT2D eigenvalue weighted by Gasteiger charge is 2.15. The summed E-state index contributed by atoms with van der Waals surface area (Å²) in [6.07, 6.45) is 0. The van der Waals surface area contributed by atoms with Gasteiger partial charge in [-0.05, 0) is 18.7 Å². The van der Waals surface area contributed by atoms with Gasteiger partial charge in [0.1, 0.15) is 0 Å². The van der Waals surface area contributed by atoms with Crippen molar-refractivity contribution in [1.82, 2.24) is 14.9 Å². The molecule has 1 aromatic heterocycles. The fraction of sp³-hybridized carbons (Fsp3) is 0.385. The van der Waals surface area contributed by atoms with E-state index < -0.39 is 16.0 Å². The number of H-pyrrole nitrogens is 2. The number of nitrogens with one attached hydrogen (secondary N) is 2. The number of fused-ring (bicyclic) bond motifs is 1.